The molecule has 10 atom stereocenters. The summed E-state index contributed by atoms with van der Waals surface area (Å²) in [5.74, 6) is -11.0. The Balaban J connectivity index is 0.000000157. The van der Waals surface area contributed by atoms with E-state index in [4.69, 9.17) is 19.5 Å². The van der Waals surface area contributed by atoms with Crippen LogP contribution in [0.15, 0.2) is 248 Å². The van der Waals surface area contributed by atoms with Crippen molar-refractivity contribution >= 4 is 32.5 Å². The first-order chi connectivity index (χ1) is 67.7. The molecule has 142 heavy (non-hydrogen) atoms. The van der Waals surface area contributed by atoms with Gasteiger partial charge in [0.05, 0.1) is 96.5 Å². The third-order valence-electron chi connectivity index (χ3n) is 24.6. The molecule has 33 nitrogen and oxygen atoms in total. The predicted octanol–water partition coefficient (Wildman–Crippen LogP) is 13.0. The summed E-state index contributed by atoms with van der Waals surface area (Å²) in [5.41, 5.74) is -3.32. The lowest BCUT2D eigenvalue weighted by molar-refractivity contribution is -0.148. The summed E-state index contributed by atoms with van der Waals surface area (Å²) in [6, 6.07) is 40.3. The highest BCUT2D eigenvalue weighted by atomic mass is 32.2. The summed E-state index contributed by atoms with van der Waals surface area (Å²) in [6.45, 7) is 10.1. The first-order valence-electron chi connectivity index (χ1n) is 44.0. The summed E-state index contributed by atoms with van der Waals surface area (Å²) in [5, 5.41) is 78.5. The lowest BCUT2D eigenvalue weighted by Gasteiger charge is -2.37. The van der Waals surface area contributed by atoms with Crippen molar-refractivity contribution in [1.82, 2.24) is 92.7 Å². The highest BCUT2D eigenvalue weighted by Crippen LogP contribution is 2.45. The summed E-state index contributed by atoms with van der Waals surface area (Å²) < 4.78 is 214. The number of hydrogen-bond donors (Lipinski definition) is 4. The van der Waals surface area contributed by atoms with Gasteiger partial charge in [-0.25, -0.2) is 115 Å². The molecule has 0 saturated carbocycles. The maximum absolute atomic E-state index is 15.0. The minimum Gasteiger partial charge on any atom is -0.493 e. The van der Waals surface area contributed by atoms with E-state index in [0.29, 0.717) is 60.0 Å². The monoisotopic (exact) mass is 2010 g/mol. The summed E-state index contributed by atoms with van der Waals surface area (Å²) >= 11 is 1.33. The number of benzene rings is 8. The number of sulfone groups is 1. The van der Waals surface area contributed by atoms with Gasteiger partial charge in [0.2, 0.25) is 0 Å². The molecule has 2 saturated heterocycles. The Morgan fingerprint density at radius 3 is 1.50 bits per heavy atom. The standard InChI is InChI=1S/C37H42F2N8O4.C23H20F6N6O3.C22H17F2N5OS.C13H15F2N3O3S/c1-3-35(26(2)48)47-36(49)46(25-42-47)31-7-5-29(6-8-31)43-14-16-44(17-15-43)30-9-11-32(12-10-30)50-20-27-19-37(51-21-27,22-45-24-40-23-41-45)33-13-4-28(38)18-34(33)39;1-14(22(37,9-33-12-30-11-31-33)18-7-2-15(24)8-19(18)25)34-13-32-35(21(34)36)16-3-5-17(6-4-16)38-10-23(28,29)20(26)27;1-14(21-28-20(10-31-21)16-4-2-15(9-25)3-5-16)22(30,11-29-13-26-12-27-29)18-7-6-17(23)8-19(18)24;1-9(22(2,20)21)13(19,6-18-8-16-7-17-18)11-4-3-10(14)5-12(11)15/h4-13,18,23-27,35,48H,3,14-17,19-22H2,1-2H3;2-8,11-14,20,37H,9-10H2,1H3;2-8,10,12-14,30H,11H2,1H3;3-5,7-9,19H,6H2,1-2H3/t26-,27+,35-,37-;14-,22-;14-,22+;9-,13-/m0101/s1. The van der Waals surface area contributed by atoms with E-state index < -0.39 is 127 Å². The molecule has 4 N–H and O–H groups in total. The average molecular weight is 2010 g/mol. The third kappa shape index (κ3) is 23.7. The lowest BCUT2D eigenvalue weighted by atomic mass is 9.82. The fourth-order valence-corrected chi connectivity index (χ4v) is 18.5. The van der Waals surface area contributed by atoms with Gasteiger partial charge >= 0.3 is 23.7 Å². The van der Waals surface area contributed by atoms with Crippen LogP contribution in [0.3, 0.4) is 0 Å². The van der Waals surface area contributed by atoms with Crippen LogP contribution in [0.5, 0.6) is 11.5 Å². The number of nitrogens with zero attached hydrogens (tertiary/aromatic N) is 22. The second-order valence-corrected chi connectivity index (χ2v) is 37.2. The van der Waals surface area contributed by atoms with Crippen LogP contribution in [-0.2, 0) is 63.2 Å². The zero-order chi connectivity index (χ0) is 102. The third-order valence-corrected chi connectivity index (χ3v) is 27.3. The summed E-state index contributed by atoms with van der Waals surface area (Å²) in [7, 11) is -3.71. The first kappa shape index (κ1) is 103. The van der Waals surface area contributed by atoms with Gasteiger partial charge in [0, 0.05) is 113 Å². The maximum atomic E-state index is 15.0. The fraction of sp³-hybridized carbons (Fsp3) is 0.326. The number of aromatic nitrogens is 19. The molecule has 15 aromatic rings. The normalized spacial score (nSPS) is 16.8. The molecule has 0 radical (unpaired) electrons. The predicted molar refractivity (Wildman–Crippen MR) is 492 cm³/mol. The van der Waals surface area contributed by atoms with Gasteiger partial charge in [-0.2, -0.15) is 49.3 Å². The van der Waals surface area contributed by atoms with Crippen LogP contribution < -0.4 is 30.7 Å². The molecule has 7 aromatic heterocycles. The Labute approximate surface area is 807 Å². The van der Waals surface area contributed by atoms with Crippen LogP contribution in [0.4, 0.5) is 64.1 Å². The molecular weight excluding hydrogens is 1920 g/mol. The smallest absolute Gasteiger partial charge is 0.350 e. The van der Waals surface area contributed by atoms with E-state index >= 15 is 0 Å². The second kappa shape index (κ2) is 44.1. The van der Waals surface area contributed by atoms with Gasteiger partial charge in [-0.15, -0.1) is 11.3 Å². The fourth-order valence-electron chi connectivity index (χ4n) is 16.6. The number of nitriles is 1. The SMILES string of the molecule is CC[C@@H]([C@H](C)O)n1ncn(-c2ccc(N3CCN(c4ccc(OC[C@@H]5CO[C@@](Cn6cncn6)(c6ccc(F)cc6F)C5)cc4)CC3)cc2)c1=O.C[C@@H](c1nc(-c2ccc(C#N)cc2)cs1)[C@](O)(Cn1cncn1)c1ccc(F)cc1F.C[C@@H](n1cnn(-c2ccc(OCC(F)(F)C(F)F)cc2)c1=O)[C@](O)(Cn1cncn1)c1ccc(F)cc1F.C[C@H]([C@](O)(Cn1cncn1)c1ccc(F)cc1F)S(C)(=O)=O. The van der Waals surface area contributed by atoms with Gasteiger partial charge in [-0.3, -0.25) is 4.57 Å². The van der Waals surface area contributed by atoms with E-state index in [9.17, 15) is 91.1 Å². The molecular formula is C95H94F12N22O11S2. The number of anilines is 2. The Morgan fingerprint density at radius 1 is 0.556 bits per heavy atom. The number of hydrogen-bond acceptors (Lipinski definition) is 26. The molecule has 0 amide bonds. The van der Waals surface area contributed by atoms with Crippen LogP contribution >= 0.6 is 11.3 Å². The average Bonchev–Trinajstić information content (AvgIpc) is 0.978. The maximum Gasteiger partial charge on any atom is 0.350 e. The largest absolute Gasteiger partial charge is 0.493 e. The number of aliphatic hydroxyl groups excluding tert-OH is 1. The molecule has 0 aliphatic carbocycles. The molecule has 0 spiro atoms. The lowest BCUT2D eigenvalue weighted by Crippen LogP contribution is -2.46. The number of thiazole rings is 1. The summed E-state index contributed by atoms with van der Waals surface area (Å²) in [4.78, 5) is 50.9. The van der Waals surface area contributed by atoms with Crippen LogP contribution in [0.2, 0.25) is 0 Å². The van der Waals surface area contributed by atoms with Crippen LogP contribution in [0.25, 0.3) is 22.6 Å². The number of halogens is 12. The summed E-state index contributed by atoms with van der Waals surface area (Å²) in [6.07, 6.45) is 10.7. The Hall–Kier alpha value is -14.6. The van der Waals surface area contributed by atoms with Gasteiger partial charge in [0.1, 0.15) is 144 Å². The van der Waals surface area contributed by atoms with Gasteiger partial charge in [0.25, 0.3) is 0 Å². The number of piperazine rings is 1. The molecule has 47 heteroatoms. The molecule has 0 unspecified atom stereocenters. The van der Waals surface area contributed by atoms with Crippen molar-refractivity contribution < 1.29 is 95.7 Å². The highest BCUT2D eigenvalue weighted by molar-refractivity contribution is 7.91. The van der Waals surface area contributed by atoms with E-state index in [1.165, 1.54) is 142 Å². The van der Waals surface area contributed by atoms with Crippen LogP contribution in [-0.4, -0.2) is 198 Å². The minimum atomic E-state index is -4.34. The molecule has 0 bridgehead atoms. The van der Waals surface area contributed by atoms with Gasteiger partial charge in [0.15, 0.2) is 16.4 Å². The van der Waals surface area contributed by atoms with Gasteiger partial charge < -0.3 is 44.4 Å². The number of aliphatic hydroxyl groups is 4. The quantitative estimate of drug-likeness (QED) is 0.0278. The van der Waals surface area contributed by atoms with Crippen molar-refractivity contribution in [3.63, 3.8) is 0 Å². The zero-order valence-electron chi connectivity index (χ0n) is 76.6. The molecule has 2 aliphatic rings. The number of ether oxygens (including phenoxy) is 3. The zero-order valence-corrected chi connectivity index (χ0v) is 78.2. The Morgan fingerprint density at radius 2 is 1.02 bits per heavy atom. The van der Waals surface area contributed by atoms with Crippen molar-refractivity contribution in [2.24, 2.45) is 5.92 Å². The van der Waals surface area contributed by atoms with Gasteiger partial charge in [-0.1, -0.05) is 50.2 Å². The van der Waals surface area contributed by atoms with Gasteiger partial charge in [-0.05, 0) is 143 Å². The minimum absolute atomic E-state index is 0.0121. The number of alkyl halides is 4. The molecule has 17 rings (SSSR count). The highest BCUT2D eigenvalue weighted by Gasteiger charge is 2.48. The number of rotatable bonds is 33. The van der Waals surface area contributed by atoms with Crippen molar-refractivity contribution in [2.75, 3.05) is 62.1 Å². The van der Waals surface area contributed by atoms with Crippen molar-refractivity contribution in [2.45, 2.75) is 138 Å². The Kier molecular flexibility index (Phi) is 32.1. The van der Waals surface area contributed by atoms with Crippen LogP contribution in [0.1, 0.15) is 98.3 Å². The molecule has 8 aromatic carbocycles. The van der Waals surface area contributed by atoms with Crippen molar-refractivity contribution in [3.05, 3.63) is 339 Å². The van der Waals surface area contributed by atoms with E-state index in [1.54, 1.807) is 49.1 Å². The van der Waals surface area contributed by atoms with E-state index in [0.717, 1.165) is 119 Å². The topological polar surface area (TPSA) is 388 Å². The van der Waals surface area contributed by atoms with Crippen molar-refractivity contribution in [1.29, 1.82) is 5.26 Å². The van der Waals surface area contributed by atoms with Crippen molar-refractivity contribution in [3.8, 4) is 40.2 Å². The molecule has 746 valence electrons. The second-order valence-electron chi connectivity index (χ2n) is 34.0. The molecule has 2 aliphatic heterocycles. The first-order valence-corrected chi connectivity index (χ1v) is 46.8. The van der Waals surface area contributed by atoms with E-state index in [-0.39, 0.29) is 72.0 Å². The molecule has 9 heterocycles. The van der Waals surface area contributed by atoms with Crippen LogP contribution in [0, 0.1) is 63.8 Å². The molecule has 2 fully saturated rings. The van der Waals surface area contributed by atoms with E-state index in [2.05, 4.69) is 83.5 Å². The van der Waals surface area contributed by atoms with E-state index in [1.807, 2.05) is 48.7 Å². The Bertz CT molecular complexity index is 7030.